The van der Waals surface area contributed by atoms with Gasteiger partial charge in [-0.3, -0.25) is 0 Å². The Morgan fingerprint density at radius 1 is 1.00 bits per heavy atom. The highest BCUT2D eigenvalue weighted by atomic mass is 16.5. The summed E-state index contributed by atoms with van der Waals surface area (Å²) in [6, 6.07) is 0.864. The average Bonchev–Trinajstić information content (AvgIpc) is 3.01. The van der Waals surface area contributed by atoms with Gasteiger partial charge in [-0.2, -0.15) is 0 Å². The molecule has 0 aromatic rings. The van der Waals surface area contributed by atoms with Gasteiger partial charge in [-0.1, -0.05) is 6.42 Å². The maximum atomic E-state index is 5.66. The number of fused-ring (bicyclic) bond motifs is 2. The van der Waals surface area contributed by atoms with Crippen molar-refractivity contribution in [3.8, 4) is 0 Å². The molecule has 0 aromatic carbocycles. The minimum atomic E-state index is 0.598. The van der Waals surface area contributed by atoms with Crippen LogP contribution in [-0.4, -0.2) is 25.8 Å². The normalized spacial score (nSPS) is 42.3. The van der Waals surface area contributed by atoms with Crippen molar-refractivity contribution < 1.29 is 4.74 Å². The molecule has 4 fully saturated rings. The van der Waals surface area contributed by atoms with Crippen molar-refractivity contribution in [1.82, 2.24) is 5.32 Å². The fraction of sp³-hybridized carbons (Fsp3) is 1.00. The molecule has 2 bridgehead atoms. The molecule has 1 aliphatic heterocycles. The summed E-state index contributed by atoms with van der Waals surface area (Å²) in [4.78, 5) is 0. The Hall–Kier alpha value is -0.0800. The molecule has 2 nitrogen and oxygen atoms in total. The maximum Gasteiger partial charge on any atom is 0.0471 e. The minimum absolute atomic E-state index is 0.598. The van der Waals surface area contributed by atoms with Crippen molar-refractivity contribution in [3.63, 3.8) is 0 Å². The first-order valence-electron chi connectivity index (χ1n) is 8.17. The van der Waals surface area contributed by atoms with Crippen LogP contribution in [0.4, 0.5) is 0 Å². The van der Waals surface area contributed by atoms with E-state index in [1.165, 1.54) is 51.5 Å². The topological polar surface area (TPSA) is 21.3 Å². The molecular weight excluding hydrogens is 222 g/mol. The summed E-state index contributed by atoms with van der Waals surface area (Å²) in [6.45, 7) is 3.31. The summed E-state index contributed by atoms with van der Waals surface area (Å²) < 4.78 is 5.66. The zero-order chi connectivity index (χ0) is 12.0. The Kier molecular flexibility index (Phi) is 2.92. The number of hydrogen-bond donors (Lipinski definition) is 1. The second-order valence-corrected chi connectivity index (χ2v) is 7.41. The molecule has 3 atom stereocenters. The molecule has 1 heterocycles. The fourth-order valence-electron chi connectivity index (χ4n) is 5.09. The van der Waals surface area contributed by atoms with Gasteiger partial charge in [0.1, 0.15) is 0 Å². The van der Waals surface area contributed by atoms with E-state index >= 15 is 0 Å². The predicted molar refractivity (Wildman–Crippen MR) is 72.4 cm³/mol. The van der Waals surface area contributed by atoms with Crippen molar-refractivity contribution >= 4 is 0 Å². The second-order valence-electron chi connectivity index (χ2n) is 7.41. The molecule has 4 rings (SSSR count). The molecule has 0 aromatic heterocycles. The fourth-order valence-corrected chi connectivity index (χ4v) is 5.09. The van der Waals surface area contributed by atoms with E-state index in [2.05, 4.69) is 5.32 Å². The lowest BCUT2D eigenvalue weighted by Gasteiger charge is -2.46. The number of nitrogens with one attached hydrogen (secondary N) is 1. The van der Waals surface area contributed by atoms with Crippen molar-refractivity contribution in [2.75, 3.05) is 19.8 Å². The van der Waals surface area contributed by atoms with E-state index in [0.717, 1.165) is 37.0 Å². The number of hydrogen-bond acceptors (Lipinski definition) is 2. The molecule has 102 valence electrons. The van der Waals surface area contributed by atoms with E-state index in [1.807, 2.05) is 0 Å². The number of ether oxygens (including phenoxy) is 1. The first-order valence-corrected chi connectivity index (χ1v) is 8.17. The van der Waals surface area contributed by atoms with Gasteiger partial charge in [-0.25, -0.2) is 0 Å². The largest absolute Gasteiger partial charge is 0.381 e. The Bertz CT molecular complexity index is 306. The Morgan fingerprint density at radius 3 is 2.44 bits per heavy atom. The summed E-state index contributed by atoms with van der Waals surface area (Å²) in [7, 11) is 0. The van der Waals surface area contributed by atoms with Crippen LogP contribution in [-0.2, 0) is 4.74 Å². The van der Waals surface area contributed by atoms with Crippen molar-refractivity contribution in [2.45, 2.75) is 57.4 Å². The second kappa shape index (κ2) is 4.49. The van der Waals surface area contributed by atoms with Gasteiger partial charge in [0.25, 0.3) is 0 Å². The third kappa shape index (κ3) is 2.02. The van der Waals surface area contributed by atoms with Crippen LogP contribution in [0.5, 0.6) is 0 Å². The van der Waals surface area contributed by atoms with Crippen LogP contribution in [0.2, 0.25) is 0 Å². The van der Waals surface area contributed by atoms with Gasteiger partial charge in [0, 0.05) is 25.8 Å². The first-order chi connectivity index (χ1) is 8.86. The maximum absolute atomic E-state index is 5.66. The molecule has 3 unspecified atom stereocenters. The zero-order valence-corrected chi connectivity index (χ0v) is 11.5. The van der Waals surface area contributed by atoms with Gasteiger partial charge < -0.3 is 10.1 Å². The average molecular weight is 249 g/mol. The quantitative estimate of drug-likeness (QED) is 0.827. The lowest BCUT2D eigenvalue weighted by Crippen LogP contribution is -2.46. The summed E-state index contributed by atoms with van der Waals surface area (Å²) in [5.74, 6) is 3.17. The van der Waals surface area contributed by atoms with Gasteiger partial charge >= 0.3 is 0 Å². The first kappa shape index (κ1) is 11.7. The highest BCUT2D eigenvalue weighted by molar-refractivity contribution is 5.01. The summed E-state index contributed by atoms with van der Waals surface area (Å²) >= 11 is 0. The molecule has 4 aliphatic rings. The zero-order valence-electron chi connectivity index (χ0n) is 11.5. The van der Waals surface area contributed by atoms with E-state index in [-0.39, 0.29) is 0 Å². The molecule has 0 amide bonds. The van der Waals surface area contributed by atoms with E-state index < -0.39 is 0 Å². The molecule has 0 radical (unpaired) electrons. The van der Waals surface area contributed by atoms with Crippen LogP contribution in [0, 0.1) is 23.2 Å². The van der Waals surface area contributed by atoms with Crippen LogP contribution < -0.4 is 5.32 Å². The minimum Gasteiger partial charge on any atom is -0.381 e. The highest BCUT2D eigenvalue weighted by Gasteiger charge is 2.50. The number of rotatable bonds is 4. The standard InChI is InChI=1S/C16H27NO/c1-2-13-9-12(1)10-15(13)16(5-7-18-8-6-16)11-17-14-3-4-14/h12-15,17H,1-11H2. The Balaban J connectivity index is 1.49. The molecule has 3 aliphatic carbocycles. The summed E-state index contributed by atoms with van der Waals surface area (Å²) in [5.41, 5.74) is 0.598. The van der Waals surface area contributed by atoms with E-state index in [9.17, 15) is 0 Å². The Labute approximate surface area is 111 Å². The van der Waals surface area contributed by atoms with Crippen molar-refractivity contribution in [2.24, 2.45) is 23.2 Å². The van der Waals surface area contributed by atoms with Crippen LogP contribution in [0.15, 0.2) is 0 Å². The van der Waals surface area contributed by atoms with E-state index in [4.69, 9.17) is 4.74 Å². The van der Waals surface area contributed by atoms with Crippen molar-refractivity contribution in [1.29, 1.82) is 0 Å². The smallest absolute Gasteiger partial charge is 0.0471 e. The summed E-state index contributed by atoms with van der Waals surface area (Å²) in [6.07, 6.45) is 11.6. The molecule has 0 spiro atoms. The van der Waals surface area contributed by atoms with Crippen LogP contribution in [0.1, 0.15) is 51.4 Å². The lowest BCUT2D eigenvalue weighted by atomic mass is 9.64. The van der Waals surface area contributed by atoms with Crippen LogP contribution >= 0.6 is 0 Å². The van der Waals surface area contributed by atoms with E-state index in [1.54, 1.807) is 6.42 Å². The van der Waals surface area contributed by atoms with Gasteiger partial charge in [-0.05, 0) is 68.1 Å². The molecular formula is C16H27NO. The Morgan fingerprint density at radius 2 is 1.83 bits per heavy atom. The summed E-state index contributed by atoms with van der Waals surface area (Å²) in [5, 5.41) is 3.85. The molecule has 1 saturated heterocycles. The van der Waals surface area contributed by atoms with Gasteiger partial charge in [0.2, 0.25) is 0 Å². The van der Waals surface area contributed by atoms with Gasteiger partial charge in [0.05, 0.1) is 0 Å². The monoisotopic (exact) mass is 249 g/mol. The lowest BCUT2D eigenvalue weighted by molar-refractivity contribution is -0.0335. The van der Waals surface area contributed by atoms with Gasteiger partial charge in [0.15, 0.2) is 0 Å². The van der Waals surface area contributed by atoms with Crippen LogP contribution in [0.3, 0.4) is 0 Å². The highest BCUT2D eigenvalue weighted by Crippen LogP contribution is 2.57. The third-order valence-corrected chi connectivity index (χ3v) is 6.33. The molecule has 3 saturated carbocycles. The molecule has 18 heavy (non-hydrogen) atoms. The van der Waals surface area contributed by atoms with Crippen molar-refractivity contribution in [3.05, 3.63) is 0 Å². The van der Waals surface area contributed by atoms with E-state index in [0.29, 0.717) is 5.41 Å². The predicted octanol–water partition coefficient (Wildman–Crippen LogP) is 2.97. The SMILES string of the molecule is C1CC(CNC2CC2)(C2CC3CCC2C3)CCO1. The van der Waals surface area contributed by atoms with Gasteiger partial charge in [-0.15, -0.1) is 0 Å². The molecule has 2 heteroatoms. The van der Waals surface area contributed by atoms with Crippen LogP contribution in [0.25, 0.3) is 0 Å². The molecule has 1 N–H and O–H groups in total. The third-order valence-electron chi connectivity index (χ3n) is 6.33.